The number of nitrogens with two attached hydrogens (primary N) is 1. The molecule has 96 valence electrons. The van der Waals surface area contributed by atoms with Crippen molar-refractivity contribution in [1.82, 2.24) is 15.1 Å². The molecule has 0 radical (unpaired) electrons. The number of carbonyl (C=O) groups is 1. The third kappa shape index (κ3) is 3.45. The molecule has 1 amide bonds. The number of rotatable bonds is 6. The summed E-state index contributed by atoms with van der Waals surface area (Å²) in [7, 11) is 1.64. The Balaban J connectivity index is 2.60. The fraction of sp³-hybridized carbons (Fsp3) is 0.636. The highest BCUT2D eigenvalue weighted by molar-refractivity contribution is 5.97. The SMILES string of the molecule is CCn1ncc(N)c1C(=O)NCC(C)COC. The fourth-order valence-corrected chi connectivity index (χ4v) is 1.58. The number of carbonyl (C=O) groups excluding carboxylic acids is 1. The molecular formula is C11H20N4O2. The van der Waals surface area contributed by atoms with Gasteiger partial charge in [0.2, 0.25) is 0 Å². The van der Waals surface area contributed by atoms with Gasteiger partial charge < -0.3 is 15.8 Å². The maximum Gasteiger partial charge on any atom is 0.271 e. The van der Waals surface area contributed by atoms with Crippen LogP contribution in [0.5, 0.6) is 0 Å². The molecule has 0 saturated carbocycles. The van der Waals surface area contributed by atoms with Gasteiger partial charge >= 0.3 is 0 Å². The molecule has 0 aliphatic rings. The van der Waals surface area contributed by atoms with Gasteiger partial charge in [0.1, 0.15) is 5.69 Å². The third-order valence-electron chi connectivity index (χ3n) is 2.44. The lowest BCUT2D eigenvalue weighted by molar-refractivity contribution is 0.0924. The van der Waals surface area contributed by atoms with E-state index < -0.39 is 0 Å². The minimum absolute atomic E-state index is 0.190. The predicted molar refractivity (Wildman–Crippen MR) is 65.7 cm³/mol. The fourth-order valence-electron chi connectivity index (χ4n) is 1.58. The van der Waals surface area contributed by atoms with Gasteiger partial charge in [0, 0.05) is 20.2 Å². The summed E-state index contributed by atoms with van der Waals surface area (Å²) in [6.07, 6.45) is 1.50. The highest BCUT2D eigenvalue weighted by Gasteiger charge is 2.16. The lowest BCUT2D eigenvalue weighted by Crippen LogP contribution is -2.32. The molecule has 6 heteroatoms. The number of nitrogens with zero attached hydrogens (tertiary/aromatic N) is 2. The standard InChI is InChI=1S/C11H20N4O2/c1-4-15-10(9(12)6-14-15)11(16)13-5-8(2)7-17-3/h6,8H,4-5,7,12H2,1-3H3,(H,13,16). The van der Waals surface area contributed by atoms with Crippen LogP contribution in [0.1, 0.15) is 24.3 Å². The Bertz CT molecular complexity index is 376. The molecule has 0 saturated heterocycles. The molecule has 6 nitrogen and oxygen atoms in total. The van der Waals surface area contributed by atoms with Gasteiger partial charge in [0.05, 0.1) is 18.5 Å². The molecule has 0 bridgehead atoms. The van der Waals surface area contributed by atoms with E-state index in [1.807, 2.05) is 13.8 Å². The Labute approximate surface area is 101 Å². The zero-order valence-electron chi connectivity index (χ0n) is 10.6. The minimum atomic E-state index is -0.190. The van der Waals surface area contributed by atoms with Crippen molar-refractivity contribution in [1.29, 1.82) is 0 Å². The van der Waals surface area contributed by atoms with Crippen LogP contribution in [0.4, 0.5) is 5.69 Å². The van der Waals surface area contributed by atoms with Crippen LogP contribution in [-0.4, -0.2) is 35.9 Å². The maximum atomic E-state index is 11.9. The van der Waals surface area contributed by atoms with E-state index in [-0.39, 0.29) is 11.8 Å². The summed E-state index contributed by atoms with van der Waals surface area (Å²) < 4.78 is 6.59. The van der Waals surface area contributed by atoms with Crippen LogP contribution < -0.4 is 11.1 Å². The lowest BCUT2D eigenvalue weighted by Gasteiger charge is -2.12. The third-order valence-corrected chi connectivity index (χ3v) is 2.44. The van der Waals surface area contributed by atoms with Gasteiger partial charge in [-0.25, -0.2) is 0 Å². The first-order valence-corrected chi connectivity index (χ1v) is 5.68. The van der Waals surface area contributed by atoms with Crippen molar-refractivity contribution in [2.45, 2.75) is 20.4 Å². The van der Waals surface area contributed by atoms with Crippen LogP contribution in [0.25, 0.3) is 0 Å². The van der Waals surface area contributed by atoms with Crippen molar-refractivity contribution in [3.8, 4) is 0 Å². The van der Waals surface area contributed by atoms with Crippen molar-refractivity contribution in [2.24, 2.45) is 5.92 Å². The second-order valence-electron chi connectivity index (χ2n) is 4.03. The maximum absolute atomic E-state index is 11.9. The van der Waals surface area contributed by atoms with Gasteiger partial charge in [-0.1, -0.05) is 6.92 Å². The predicted octanol–water partition coefficient (Wildman–Crippen LogP) is 0.497. The Kier molecular flexibility index (Phi) is 4.96. The molecule has 1 unspecified atom stereocenters. The minimum Gasteiger partial charge on any atom is -0.396 e. The number of aryl methyl sites for hydroxylation is 1. The molecule has 3 N–H and O–H groups in total. The van der Waals surface area contributed by atoms with Crippen LogP contribution >= 0.6 is 0 Å². The van der Waals surface area contributed by atoms with Crippen molar-refractivity contribution < 1.29 is 9.53 Å². The monoisotopic (exact) mass is 240 g/mol. The van der Waals surface area contributed by atoms with Crippen molar-refractivity contribution in [2.75, 3.05) is 26.0 Å². The number of hydrogen-bond acceptors (Lipinski definition) is 4. The zero-order chi connectivity index (χ0) is 12.8. The van der Waals surface area contributed by atoms with E-state index in [1.165, 1.54) is 6.20 Å². The lowest BCUT2D eigenvalue weighted by atomic mass is 10.2. The molecule has 17 heavy (non-hydrogen) atoms. The average Bonchev–Trinajstić information content (AvgIpc) is 2.68. The van der Waals surface area contributed by atoms with Gasteiger partial charge in [-0.3, -0.25) is 9.48 Å². The summed E-state index contributed by atoms with van der Waals surface area (Å²) in [5.41, 5.74) is 6.55. The second-order valence-corrected chi connectivity index (χ2v) is 4.03. The van der Waals surface area contributed by atoms with Crippen molar-refractivity contribution >= 4 is 11.6 Å². The molecule has 1 atom stereocenters. The number of nitrogen functional groups attached to an aromatic ring is 1. The second kappa shape index (κ2) is 6.24. The Morgan fingerprint density at radius 1 is 1.71 bits per heavy atom. The van der Waals surface area contributed by atoms with E-state index in [9.17, 15) is 4.79 Å². The molecular weight excluding hydrogens is 220 g/mol. The summed E-state index contributed by atoms with van der Waals surface area (Å²) in [6.45, 7) is 5.71. The summed E-state index contributed by atoms with van der Waals surface area (Å²) >= 11 is 0. The molecule has 0 aliphatic heterocycles. The first kappa shape index (κ1) is 13.5. The van der Waals surface area contributed by atoms with Crippen molar-refractivity contribution in [3.05, 3.63) is 11.9 Å². The quantitative estimate of drug-likeness (QED) is 0.758. The summed E-state index contributed by atoms with van der Waals surface area (Å²) in [5, 5.41) is 6.85. The summed E-state index contributed by atoms with van der Waals surface area (Å²) in [5.74, 6) is 0.0768. The summed E-state index contributed by atoms with van der Waals surface area (Å²) in [4.78, 5) is 11.9. The Hall–Kier alpha value is -1.56. The van der Waals surface area contributed by atoms with Gasteiger partial charge in [-0.15, -0.1) is 0 Å². The molecule has 0 fully saturated rings. The topological polar surface area (TPSA) is 82.2 Å². The normalized spacial score (nSPS) is 12.4. The van der Waals surface area contributed by atoms with E-state index in [0.29, 0.717) is 31.1 Å². The number of methoxy groups -OCH3 is 1. The Morgan fingerprint density at radius 2 is 2.41 bits per heavy atom. The highest BCUT2D eigenvalue weighted by atomic mass is 16.5. The highest BCUT2D eigenvalue weighted by Crippen LogP contribution is 2.10. The average molecular weight is 240 g/mol. The number of amides is 1. The number of nitrogens with one attached hydrogen (secondary N) is 1. The van der Waals surface area contributed by atoms with Gasteiger partial charge in [0.25, 0.3) is 5.91 Å². The number of anilines is 1. The number of aromatic nitrogens is 2. The molecule has 1 heterocycles. The van der Waals surface area contributed by atoms with Crippen LogP contribution in [0, 0.1) is 5.92 Å². The molecule has 1 rings (SSSR count). The number of hydrogen-bond donors (Lipinski definition) is 2. The van der Waals surface area contributed by atoms with Crippen LogP contribution in [0.3, 0.4) is 0 Å². The molecule has 0 spiro atoms. The molecule has 0 aliphatic carbocycles. The summed E-state index contributed by atoms with van der Waals surface area (Å²) in [6, 6.07) is 0. The molecule has 1 aromatic rings. The first-order valence-electron chi connectivity index (χ1n) is 5.68. The number of ether oxygens (including phenoxy) is 1. The van der Waals surface area contributed by atoms with E-state index in [4.69, 9.17) is 10.5 Å². The smallest absolute Gasteiger partial charge is 0.271 e. The van der Waals surface area contributed by atoms with Crippen LogP contribution in [0.15, 0.2) is 6.20 Å². The zero-order valence-corrected chi connectivity index (χ0v) is 10.6. The van der Waals surface area contributed by atoms with E-state index in [1.54, 1.807) is 11.8 Å². The van der Waals surface area contributed by atoms with Gasteiger partial charge in [-0.2, -0.15) is 5.10 Å². The van der Waals surface area contributed by atoms with Gasteiger partial charge in [-0.05, 0) is 12.8 Å². The largest absolute Gasteiger partial charge is 0.396 e. The molecule has 0 aromatic carbocycles. The van der Waals surface area contributed by atoms with Crippen molar-refractivity contribution in [3.63, 3.8) is 0 Å². The van der Waals surface area contributed by atoms with E-state index >= 15 is 0 Å². The van der Waals surface area contributed by atoms with Gasteiger partial charge in [0.15, 0.2) is 0 Å². The van der Waals surface area contributed by atoms with E-state index in [2.05, 4.69) is 10.4 Å². The first-order chi connectivity index (χ1) is 8.10. The Morgan fingerprint density at radius 3 is 3.00 bits per heavy atom. The van der Waals surface area contributed by atoms with E-state index in [0.717, 1.165) is 0 Å². The van der Waals surface area contributed by atoms with Crippen LogP contribution in [-0.2, 0) is 11.3 Å². The van der Waals surface area contributed by atoms with Crippen LogP contribution in [0.2, 0.25) is 0 Å². The molecule has 1 aromatic heterocycles.